The highest BCUT2D eigenvalue weighted by atomic mass is 15.1. The van der Waals surface area contributed by atoms with Crippen molar-refractivity contribution >= 4 is 0 Å². The van der Waals surface area contributed by atoms with Crippen molar-refractivity contribution in [2.45, 2.75) is 156 Å². The van der Waals surface area contributed by atoms with Gasteiger partial charge in [-0.15, -0.1) is 0 Å². The molecule has 0 bridgehead atoms. The van der Waals surface area contributed by atoms with E-state index < -0.39 is 0 Å². The van der Waals surface area contributed by atoms with Crippen molar-refractivity contribution in [3.63, 3.8) is 0 Å². The minimum absolute atomic E-state index is 0.599. The van der Waals surface area contributed by atoms with Crippen molar-refractivity contribution in [1.29, 1.82) is 0 Å². The molecule has 0 spiro atoms. The molecule has 1 unspecified atom stereocenters. The molecule has 2 heteroatoms. The molecule has 0 aliphatic carbocycles. The van der Waals surface area contributed by atoms with Crippen LogP contribution in [0.1, 0.15) is 154 Å². The number of unbranched alkanes of at least 4 members (excludes halogenated alkanes) is 15. The van der Waals surface area contributed by atoms with Crippen LogP contribution in [-0.4, -0.2) is 9.55 Å². The minimum atomic E-state index is 0.599. The second kappa shape index (κ2) is 18.0. The molecule has 0 aliphatic rings. The van der Waals surface area contributed by atoms with E-state index in [2.05, 4.69) is 38.5 Å². The SMILES string of the molecule is CCCCCCCCCCCCCC(C)c1nc(C)cn1CCCCCCCC. The van der Waals surface area contributed by atoms with Crippen molar-refractivity contribution in [2.24, 2.45) is 0 Å². The molecule has 1 rings (SSSR count). The standard InChI is InChI=1S/C27H52N2/c1-5-7-9-11-13-14-15-16-17-18-20-22-25(3)27-28-26(4)24-29(27)23-21-19-12-10-8-6-2/h24-25H,5-23H2,1-4H3. The zero-order valence-electron chi connectivity index (χ0n) is 20.5. The summed E-state index contributed by atoms with van der Waals surface area (Å²) in [6.45, 7) is 10.3. The van der Waals surface area contributed by atoms with Crippen molar-refractivity contribution in [2.75, 3.05) is 0 Å². The molecule has 2 nitrogen and oxygen atoms in total. The maximum absolute atomic E-state index is 4.87. The van der Waals surface area contributed by atoms with Crippen molar-refractivity contribution in [1.82, 2.24) is 9.55 Å². The van der Waals surface area contributed by atoms with Gasteiger partial charge in [0.15, 0.2) is 0 Å². The number of hydrogen-bond donors (Lipinski definition) is 0. The minimum Gasteiger partial charge on any atom is -0.334 e. The van der Waals surface area contributed by atoms with Crippen LogP contribution in [0.5, 0.6) is 0 Å². The lowest BCUT2D eigenvalue weighted by atomic mass is 10.0. The van der Waals surface area contributed by atoms with Crippen LogP contribution >= 0.6 is 0 Å². The maximum Gasteiger partial charge on any atom is 0.111 e. The Kier molecular flexibility index (Phi) is 16.3. The van der Waals surface area contributed by atoms with E-state index in [1.807, 2.05) is 0 Å². The van der Waals surface area contributed by atoms with E-state index >= 15 is 0 Å². The fourth-order valence-corrected chi connectivity index (χ4v) is 4.44. The van der Waals surface area contributed by atoms with Gasteiger partial charge in [-0.3, -0.25) is 0 Å². The third kappa shape index (κ3) is 13.2. The maximum atomic E-state index is 4.87. The van der Waals surface area contributed by atoms with Crippen molar-refractivity contribution in [3.8, 4) is 0 Å². The summed E-state index contributed by atoms with van der Waals surface area (Å²) in [7, 11) is 0. The lowest BCUT2D eigenvalue weighted by molar-refractivity contribution is 0.499. The van der Waals surface area contributed by atoms with Crippen LogP contribution in [0.25, 0.3) is 0 Å². The van der Waals surface area contributed by atoms with E-state index in [-0.39, 0.29) is 0 Å². The molecule has 170 valence electrons. The van der Waals surface area contributed by atoms with Gasteiger partial charge in [-0.1, -0.05) is 124 Å². The normalized spacial score (nSPS) is 12.6. The van der Waals surface area contributed by atoms with Crippen LogP contribution in [-0.2, 0) is 6.54 Å². The summed E-state index contributed by atoms with van der Waals surface area (Å²) in [4.78, 5) is 4.87. The molecule has 0 aromatic carbocycles. The molecule has 1 atom stereocenters. The molecule has 29 heavy (non-hydrogen) atoms. The predicted molar refractivity (Wildman–Crippen MR) is 130 cm³/mol. The Balaban J connectivity index is 2.12. The summed E-state index contributed by atoms with van der Waals surface area (Å²) in [5.41, 5.74) is 1.19. The van der Waals surface area contributed by atoms with Gasteiger partial charge < -0.3 is 4.57 Å². The number of aromatic nitrogens is 2. The zero-order valence-corrected chi connectivity index (χ0v) is 20.5. The lowest BCUT2D eigenvalue weighted by Gasteiger charge is -2.14. The molecule has 1 heterocycles. The van der Waals surface area contributed by atoms with Crippen LogP contribution in [0.3, 0.4) is 0 Å². The molecule has 0 N–H and O–H groups in total. The Morgan fingerprint density at radius 1 is 0.690 bits per heavy atom. The Labute approximate surface area is 183 Å². The highest BCUT2D eigenvalue weighted by Crippen LogP contribution is 2.23. The first-order valence-electron chi connectivity index (χ1n) is 13.2. The smallest absolute Gasteiger partial charge is 0.111 e. The van der Waals surface area contributed by atoms with Gasteiger partial charge >= 0.3 is 0 Å². The van der Waals surface area contributed by atoms with Gasteiger partial charge in [0.2, 0.25) is 0 Å². The van der Waals surface area contributed by atoms with E-state index in [0.717, 1.165) is 6.54 Å². The van der Waals surface area contributed by atoms with E-state index in [1.54, 1.807) is 0 Å². The Bertz CT molecular complexity index is 477. The summed E-state index contributed by atoms with van der Waals surface area (Å²) in [6.07, 6.45) is 27.4. The van der Waals surface area contributed by atoms with Gasteiger partial charge in [0.05, 0.1) is 5.69 Å². The van der Waals surface area contributed by atoms with Gasteiger partial charge in [-0.05, 0) is 19.8 Å². The number of rotatable bonds is 20. The van der Waals surface area contributed by atoms with Gasteiger partial charge in [-0.2, -0.15) is 0 Å². The topological polar surface area (TPSA) is 17.8 Å². The van der Waals surface area contributed by atoms with E-state index in [9.17, 15) is 0 Å². The Morgan fingerprint density at radius 2 is 1.14 bits per heavy atom. The monoisotopic (exact) mass is 404 g/mol. The number of imidazole rings is 1. The first kappa shape index (κ1) is 26.2. The third-order valence-electron chi connectivity index (χ3n) is 6.36. The second-order valence-corrected chi connectivity index (χ2v) is 9.43. The van der Waals surface area contributed by atoms with Crippen molar-refractivity contribution < 1.29 is 0 Å². The molecule has 0 radical (unpaired) electrons. The summed E-state index contributed by atoms with van der Waals surface area (Å²) in [6, 6.07) is 0. The molecular formula is C27H52N2. The molecule has 1 aromatic heterocycles. The molecule has 0 amide bonds. The molecule has 1 aromatic rings. The molecule has 0 aliphatic heterocycles. The Hall–Kier alpha value is -0.790. The summed E-state index contributed by atoms with van der Waals surface area (Å²) >= 11 is 0. The van der Waals surface area contributed by atoms with Crippen LogP contribution in [0.4, 0.5) is 0 Å². The molecular weight excluding hydrogens is 352 g/mol. The quantitative estimate of drug-likeness (QED) is 0.198. The van der Waals surface area contributed by atoms with Crippen molar-refractivity contribution in [3.05, 3.63) is 17.7 Å². The largest absolute Gasteiger partial charge is 0.334 e. The third-order valence-corrected chi connectivity index (χ3v) is 6.36. The van der Waals surface area contributed by atoms with Gasteiger partial charge in [0, 0.05) is 18.7 Å². The average molecular weight is 405 g/mol. The van der Waals surface area contributed by atoms with Crippen LogP contribution in [0.15, 0.2) is 6.20 Å². The fraction of sp³-hybridized carbons (Fsp3) is 0.889. The van der Waals surface area contributed by atoms with E-state index in [1.165, 1.54) is 127 Å². The van der Waals surface area contributed by atoms with E-state index in [4.69, 9.17) is 4.98 Å². The summed E-state index contributed by atoms with van der Waals surface area (Å²) in [5.74, 6) is 1.94. The molecule has 0 fully saturated rings. The number of nitrogens with zero attached hydrogens (tertiary/aromatic N) is 2. The number of hydrogen-bond acceptors (Lipinski definition) is 1. The van der Waals surface area contributed by atoms with Gasteiger partial charge in [-0.25, -0.2) is 4.98 Å². The average Bonchev–Trinajstić information content (AvgIpc) is 3.09. The first-order valence-corrected chi connectivity index (χ1v) is 13.2. The van der Waals surface area contributed by atoms with E-state index in [0.29, 0.717) is 5.92 Å². The van der Waals surface area contributed by atoms with Gasteiger partial charge in [0.25, 0.3) is 0 Å². The molecule has 0 saturated heterocycles. The lowest BCUT2D eigenvalue weighted by Crippen LogP contribution is -2.07. The Morgan fingerprint density at radius 3 is 1.66 bits per heavy atom. The van der Waals surface area contributed by atoms with Gasteiger partial charge in [0.1, 0.15) is 5.82 Å². The zero-order chi connectivity index (χ0) is 21.2. The predicted octanol–water partition coefficient (Wildman–Crippen LogP) is 9.36. The van der Waals surface area contributed by atoms with Crippen LogP contribution in [0.2, 0.25) is 0 Å². The summed E-state index contributed by atoms with van der Waals surface area (Å²) in [5, 5.41) is 0. The first-order chi connectivity index (χ1) is 14.2. The fourth-order valence-electron chi connectivity index (χ4n) is 4.44. The molecule has 0 saturated carbocycles. The highest BCUT2D eigenvalue weighted by molar-refractivity contribution is 5.06. The highest BCUT2D eigenvalue weighted by Gasteiger charge is 2.13. The van der Waals surface area contributed by atoms with Crippen LogP contribution < -0.4 is 0 Å². The van der Waals surface area contributed by atoms with Crippen LogP contribution in [0, 0.1) is 6.92 Å². The summed E-state index contributed by atoms with van der Waals surface area (Å²) < 4.78 is 2.46. The number of aryl methyl sites for hydroxylation is 2. The second-order valence-electron chi connectivity index (χ2n) is 9.43.